The first-order chi connectivity index (χ1) is 9.68. The van der Waals surface area contributed by atoms with Crippen LogP contribution in [0.2, 0.25) is 0 Å². The fraction of sp³-hybridized carbons (Fsp3) is 0.500. The van der Waals surface area contributed by atoms with E-state index < -0.39 is 5.97 Å². The highest BCUT2D eigenvalue weighted by molar-refractivity contribution is 5.92. The highest BCUT2D eigenvalue weighted by Gasteiger charge is 2.27. The van der Waals surface area contributed by atoms with Crippen molar-refractivity contribution in [2.45, 2.75) is 18.9 Å². The molecule has 1 N–H and O–H groups in total. The summed E-state index contributed by atoms with van der Waals surface area (Å²) >= 11 is 0. The average molecular weight is 277 g/mol. The zero-order valence-electron chi connectivity index (χ0n) is 11.1. The summed E-state index contributed by atoms with van der Waals surface area (Å²) < 4.78 is 8.80. The van der Waals surface area contributed by atoms with E-state index >= 15 is 0 Å². The van der Waals surface area contributed by atoms with Gasteiger partial charge >= 0.3 is 5.97 Å². The van der Waals surface area contributed by atoms with Gasteiger partial charge in [-0.2, -0.15) is 0 Å². The third-order valence-electron chi connectivity index (χ3n) is 3.49. The molecule has 0 amide bonds. The molecule has 0 aromatic carbocycles. The van der Waals surface area contributed by atoms with Crippen LogP contribution in [0.4, 0.5) is 0 Å². The minimum absolute atomic E-state index is 0.0416. The second-order valence-electron chi connectivity index (χ2n) is 4.77. The van der Waals surface area contributed by atoms with Crippen molar-refractivity contribution in [1.29, 1.82) is 0 Å². The van der Waals surface area contributed by atoms with Crippen molar-refractivity contribution >= 4 is 5.97 Å². The molecule has 2 aromatic rings. The molecule has 0 radical (unpaired) electrons. The minimum atomic E-state index is -1.08. The number of ether oxygens (including phenoxy) is 1. The highest BCUT2D eigenvalue weighted by Crippen LogP contribution is 2.29. The van der Waals surface area contributed by atoms with E-state index in [1.165, 1.54) is 0 Å². The number of aryl methyl sites for hydroxylation is 1. The molecule has 0 spiro atoms. The molecule has 0 saturated carbocycles. The molecule has 1 aliphatic heterocycles. The number of carbonyl (C=O) groups is 1. The Balaban J connectivity index is 2.11. The van der Waals surface area contributed by atoms with Crippen LogP contribution in [0.3, 0.4) is 0 Å². The van der Waals surface area contributed by atoms with Crippen LogP contribution in [0, 0.1) is 0 Å². The molecule has 0 bridgehead atoms. The molecular formula is C12H15N5O3. The largest absolute Gasteiger partial charge is 0.476 e. The van der Waals surface area contributed by atoms with Gasteiger partial charge in [0.15, 0.2) is 5.69 Å². The molecule has 2 aromatic heterocycles. The SMILES string of the molecule is Cn1cncc1-c1c(C(=O)O)nnn1C1CCOCC1. The molecule has 8 heteroatoms. The van der Waals surface area contributed by atoms with E-state index in [1.54, 1.807) is 21.8 Å². The van der Waals surface area contributed by atoms with Gasteiger partial charge in [0.25, 0.3) is 0 Å². The van der Waals surface area contributed by atoms with Crippen molar-refractivity contribution in [2.24, 2.45) is 7.05 Å². The lowest BCUT2D eigenvalue weighted by molar-refractivity contribution is 0.0661. The normalized spacial score (nSPS) is 16.4. The molecule has 8 nitrogen and oxygen atoms in total. The number of hydrogen-bond acceptors (Lipinski definition) is 5. The van der Waals surface area contributed by atoms with Gasteiger partial charge in [-0.3, -0.25) is 0 Å². The van der Waals surface area contributed by atoms with Crippen LogP contribution in [-0.2, 0) is 11.8 Å². The molecule has 0 aliphatic carbocycles. The molecule has 1 fully saturated rings. The molecule has 1 aliphatic rings. The summed E-state index contributed by atoms with van der Waals surface area (Å²) in [4.78, 5) is 15.4. The van der Waals surface area contributed by atoms with Gasteiger partial charge in [-0.25, -0.2) is 14.5 Å². The predicted octanol–water partition coefficient (Wildman–Crippen LogP) is 0.728. The van der Waals surface area contributed by atoms with Gasteiger partial charge in [0.2, 0.25) is 0 Å². The van der Waals surface area contributed by atoms with E-state index in [-0.39, 0.29) is 11.7 Å². The lowest BCUT2D eigenvalue weighted by Crippen LogP contribution is -2.21. The monoisotopic (exact) mass is 277 g/mol. The maximum Gasteiger partial charge on any atom is 0.358 e. The maximum atomic E-state index is 11.4. The molecule has 0 atom stereocenters. The Morgan fingerprint density at radius 1 is 1.45 bits per heavy atom. The summed E-state index contributed by atoms with van der Waals surface area (Å²) in [5.41, 5.74) is 1.16. The summed E-state index contributed by atoms with van der Waals surface area (Å²) in [7, 11) is 1.81. The number of hydrogen-bond donors (Lipinski definition) is 1. The van der Waals surface area contributed by atoms with Crippen LogP contribution in [-0.4, -0.2) is 48.8 Å². The Hall–Kier alpha value is -2.22. The van der Waals surface area contributed by atoms with Gasteiger partial charge in [0.1, 0.15) is 5.69 Å². The van der Waals surface area contributed by atoms with Gasteiger partial charge in [0.05, 0.1) is 24.3 Å². The zero-order chi connectivity index (χ0) is 14.1. The second kappa shape index (κ2) is 5.04. The summed E-state index contributed by atoms with van der Waals surface area (Å²) in [5, 5.41) is 17.2. The Morgan fingerprint density at radius 3 is 2.80 bits per heavy atom. The van der Waals surface area contributed by atoms with Gasteiger partial charge in [-0.1, -0.05) is 5.21 Å². The summed E-state index contributed by atoms with van der Waals surface area (Å²) in [6.45, 7) is 1.30. The van der Waals surface area contributed by atoms with Crippen LogP contribution in [0.25, 0.3) is 11.4 Å². The molecule has 1 saturated heterocycles. The Morgan fingerprint density at radius 2 is 2.20 bits per heavy atom. The summed E-state index contributed by atoms with van der Waals surface area (Å²) in [6, 6.07) is 0.106. The quantitative estimate of drug-likeness (QED) is 0.888. The summed E-state index contributed by atoms with van der Waals surface area (Å²) in [5.74, 6) is -1.08. The van der Waals surface area contributed by atoms with Crippen LogP contribution < -0.4 is 0 Å². The van der Waals surface area contributed by atoms with Crippen molar-refractivity contribution in [3.05, 3.63) is 18.2 Å². The van der Waals surface area contributed by atoms with Gasteiger partial charge < -0.3 is 14.4 Å². The zero-order valence-corrected chi connectivity index (χ0v) is 11.1. The number of carboxylic acid groups (broad SMARTS) is 1. The predicted molar refractivity (Wildman–Crippen MR) is 68.3 cm³/mol. The first-order valence-electron chi connectivity index (χ1n) is 6.41. The van der Waals surface area contributed by atoms with Gasteiger partial charge in [-0.05, 0) is 12.8 Å². The standard InChI is InChI=1S/C12H15N5O3/c1-16-7-13-6-9(16)11-10(12(18)19)14-15-17(11)8-2-4-20-5-3-8/h6-8H,2-5H2,1H3,(H,18,19). The topological polar surface area (TPSA) is 95.1 Å². The molecule has 3 rings (SSSR count). The second-order valence-corrected chi connectivity index (χ2v) is 4.77. The van der Waals surface area contributed by atoms with E-state index in [9.17, 15) is 9.90 Å². The van der Waals surface area contributed by atoms with Crippen LogP contribution in [0.1, 0.15) is 29.4 Å². The van der Waals surface area contributed by atoms with E-state index in [0.717, 1.165) is 12.8 Å². The van der Waals surface area contributed by atoms with Crippen molar-refractivity contribution in [3.8, 4) is 11.4 Å². The average Bonchev–Trinajstić information content (AvgIpc) is 3.05. The number of imidazole rings is 1. The molecule has 0 unspecified atom stereocenters. The maximum absolute atomic E-state index is 11.4. The van der Waals surface area contributed by atoms with Crippen LogP contribution >= 0.6 is 0 Å². The van der Waals surface area contributed by atoms with E-state index in [4.69, 9.17) is 4.74 Å². The third kappa shape index (κ3) is 2.07. The van der Waals surface area contributed by atoms with Crippen LogP contribution in [0.5, 0.6) is 0 Å². The first-order valence-corrected chi connectivity index (χ1v) is 6.41. The fourth-order valence-electron chi connectivity index (χ4n) is 2.45. The smallest absolute Gasteiger partial charge is 0.358 e. The van der Waals surface area contributed by atoms with E-state index in [2.05, 4.69) is 15.3 Å². The first kappa shape index (κ1) is 12.8. The Labute approximate surface area is 115 Å². The summed E-state index contributed by atoms with van der Waals surface area (Å²) in [6.07, 6.45) is 4.85. The van der Waals surface area contributed by atoms with E-state index in [1.807, 2.05) is 7.05 Å². The molecule has 106 valence electrons. The van der Waals surface area contributed by atoms with Gasteiger partial charge in [-0.15, -0.1) is 5.10 Å². The lowest BCUT2D eigenvalue weighted by Gasteiger charge is -2.23. The van der Waals surface area contributed by atoms with Crippen molar-refractivity contribution in [1.82, 2.24) is 24.5 Å². The lowest BCUT2D eigenvalue weighted by atomic mass is 10.1. The van der Waals surface area contributed by atoms with E-state index in [0.29, 0.717) is 24.6 Å². The van der Waals surface area contributed by atoms with Crippen molar-refractivity contribution in [2.75, 3.05) is 13.2 Å². The number of aromatic nitrogens is 5. The molecule has 20 heavy (non-hydrogen) atoms. The van der Waals surface area contributed by atoms with Crippen LogP contribution in [0.15, 0.2) is 12.5 Å². The third-order valence-corrected chi connectivity index (χ3v) is 3.49. The Kier molecular flexibility index (Phi) is 3.23. The highest BCUT2D eigenvalue weighted by atomic mass is 16.5. The Bertz CT molecular complexity index is 627. The number of nitrogens with zero attached hydrogens (tertiary/aromatic N) is 5. The van der Waals surface area contributed by atoms with Crippen molar-refractivity contribution in [3.63, 3.8) is 0 Å². The number of carboxylic acids is 1. The number of aromatic carboxylic acids is 1. The molecular weight excluding hydrogens is 262 g/mol. The number of rotatable bonds is 3. The fourth-order valence-corrected chi connectivity index (χ4v) is 2.45. The minimum Gasteiger partial charge on any atom is -0.476 e. The molecule has 3 heterocycles. The van der Waals surface area contributed by atoms with Gasteiger partial charge in [0, 0.05) is 20.3 Å². The van der Waals surface area contributed by atoms with Crippen molar-refractivity contribution < 1.29 is 14.6 Å².